The van der Waals surface area contributed by atoms with Gasteiger partial charge >= 0.3 is 0 Å². The number of likely N-dealkylation sites (tertiary alicyclic amines) is 1. The van der Waals surface area contributed by atoms with Crippen molar-refractivity contribution in [3.8, 4) is 11.5 Å². The molecule has 0 saturated carbocycles. The summed E-state index contributed by atoms with van der Waals surface area (Å²) in [6.07, 6.45) is 1.37. The lowest BCUT2D eigenvalue weighted by Gasteiger charge is -2.25. The Morgan fingerprint density at radius 2 is 1.63 bits per heavy atom. The highest BCUT2D eigenvalue weighted by molar-refractivity contribution is 5.79. The van der Waals surface area contributed by atoms with Gasteiger partial charge in [-0.15, -0.1) is 0 Å². The minimum absolute atomic E-state index is 0.378. The van der Waals surface area contributed by atoms with Gasteiger partial charge in [-0.25, -0.2) is 0 Å². The third-order valence-corrected chi connectivity index (χ3v) is 3.22. The standard InChI is InChI=1S/C15H21NO3/c1-2-18-14-3-5-15(6-4-14)19-12-11-16-9-7-13(17)8-10-16/h3-6H,2,7-12H2,1H3. The van der Waals surface area contributed by atoms with Crippen LogP contribution in [0.1, 0.15) is 19.8 Å². The average molecular weight is 263 g/mol. The molecule has 0 N–H and O–H groups in total. The first-order valence-corrected chi connectivity index (χ1v) is 6.87. The lowest BCUT2D eigenvalue weighted by molar-refractivity contribution is -0.121. The second-order valence-corrected chi connectivity index (χ2v) is 4.63. The summed E-state index contributed by atoms with van der Waals surface area (Å²) >= 11 is 0. The third kappa shape index (κ3) is 4.56. The second kappa shape index (κ2) is 7.14. The minimum atomic E-state index is 0.378. The van der Waals surface area contributed by atoms with E-state index < -0.39 is 0 Å². The number of ether oxygens (including phenoxy) is 2. The molecule has 104 valence electrons. The Kier molecular flexibility index (Phi) is 5.21. The minimum Gasteiger partial charge on any atom is -0.494 e. The molecule has 0 aromatic heterocycles. The Bertz CT molecular complexity index is 392. The molecule has 1 fully saturated rings. The van der Waals surface area contributed by atoms with Gasteiger partial charge in [0.15, 0.2) is 0 Å². The van der Waals surface area contributed by atoms with E-state index in [9.17, 15) is 4.79 Å². The largest absolute Gasteiger partial charge is 0.494 e. The van der Waals surface area contributed by atoms with Crippen molar-refractivity contribution in [1.82, 2.24) is 4.90 Å². The van der Waals surface area contributed by atoms with Gasteiger partial charge in [-0.05, 0) is 31.2 Å². The summed E-state index contributed by atoms with van der Waals surface area (Å²) in [4.78, 5) is 13.4. The van der Waals surface area contributed by atoms with Gasteiger partial charge in [0, 0.05) is 32.5 Å². The maximum absolute atomic E-state index is 11.1. The van der Waals surface area contributed by atoms with Crippen LogP contribution in [0.25, 0.3) is 0 Å². The predicted molar refractivity (Wildman–Crippen MR) is 73.8 cm³/mol. The van der Waals surface area contributed by atoms with Gasteiger partial charge in [0.25, 0.3) is 0 Å². The SMILES string of the molecule is CCOc1ccc(OCCN2CCC(=O)CC2)cc1. The molecule has 0 amide bonds. The molecule has 1 saturated heterocycles. The maximum Gasteiger partial charge on any atom is 0.135 e. The van der Waals surface area contributed by atoms with Crippen LogP contribution in [0.4, 0.5) is 0 Å². The number of nitrogens with zero attached hydrogens (tertiary/aromatic N) is 1. The number of rotatable bonds is 6. The number of carbonyl (C=O) groups excluding carboxylic acids is 1. The summed E-state index contributed by atoms with van der Waals surface area (Å²) < 4.78 is 11.1. The van der Waals surface area contributed by atoms with Crippen molar-refractivity contribution in [1.29, 1.82) is 0 Å². The van der Waals surface area contributed by atoms with E-state index in [-0.39, 0.29) is 0 Å². The highest BCUT2D eigenvalue weighted by atomic mass is 16.5. The third-order valence-electron chi connectivity index (χ3n) is 3.22. The number of benzene rings is 1. The highest BCUT2D eigenvalue weighted by Crippen LogP contribution is 2.17. The number of ketones is 1. The Morgan fingerprint density at radius 3 is 2.21 bits per heavy atom. The van der Waals surface area contributed by atoms with E-state index in [2.05, 4.69) is 4.90 Å². The molecule has 2 rings (SSSR count). The van der Waals surface area contributed by atoms with Gasteiger partial charge in [0.1, 0.15) is 23.9 Å². The molecule has 4 nitrogen and oxygen atoms in total. The molecular weight excluding hydrogens is 242 g/mol. The molecule has 0 unspecified atom stereocenters. The van der Waals surface area contributed by atoms with E-state index in [0.717, 1.165) is 31.1 Å². The fourth-order valence-electron chi connectivity index (χ4n) is 2.12. The fourth-order valence-corrected chi connectivity index (χ4v) is 2.12. The summed E-state index contributed by atoms with van der Waals surface area (Å²) in [5.74, 6) is 2.10. The number of hydrogen-bond acceptors (Lipinski definition) is 4. The topological polar surface area (TPSA) is 38.8 Å². The number of piperidine rings is 1. The second-order valence-electron chi connectivity index (χ2n) is 4.63. The Balaban J connectivity index is 1.69. The highest BCUT2D eigenvalue weighted by Gasteiger charge is 2.15. The molecule has 1 aromatic carbocycles. The first-order chi connectivity index (χ1) is 9.28. The lowest BCUT2D eigenvalue weighted by atomic mass is 10.1. The first kappa shape index (κ1) is 13.9. The molecular formula is C15H21NO3. The van der Waals surface area contributed by atoms with E-state index in [1.807, 2.05) is 31.2 Å². The normalized spacial score (nSPS) is 16.4. The van der Waals surface area contributed by atoms with Crippen molar-refractivity contribution in [2.75, 3.05) is 32.8 Å². The van der Waals surface area contributed by atoms with E-state index >= 15 is 0 Å². The van der Waals surface area contributed by atoms with Crippen LogP contribution in [-0.2, 0) is 4.79 Å². The van der Waals surface area contributed by atoms with Crippen LogP contribution in [0.2, 0.25) is 0 Å². The number of hydrogen-bond donors (Lipinski definition) is 0. The number of carbonyl (C=O) groups is 1. The van der Waals surface area contributed by atoms with Crippen LogP contribution in [0.15, 0.2) is 24.3 Å². The molecule has 1 aliphatic heterocycles. The molecule has 0 bridgehead atoms. The molecule has 1 aliphatic rings. The zero-order chi connectivity index (χ0) is 13.5. The summed E-state index contributed by atoms with van der Waals surface area (Å²) in [5.41, 5.74) is 0. The zero-order valence-corrected chi connectivity index (χ0v) is 11.4. The monoisotopic (exact) mass is 263 g/mol. The quantitative estimate of drug-likeness (QED) is 0.788. The Hall–Kier alpha value is -1.55. The number of Topliss-reactive ketones (excluding diaryl/α,β-unsaturated/α-hetero) is 1. The van der Waals surface area contributed by atoms with Crippen LogP contribution < -0.4 is 9.47 Å². The molecule has 19 heavy (non-hydrogen) atoms. The van der Waals surface area contributed by atoms with Crippen molar-refractivity contribution in [3.63, 3.8) is 0 Å². The van der Waals surface area contributed by atoms with Crippen molar-refractivity contribution >= 4 is 5.78 Å². The predicted octanol–water partition coefficient (Wildman–Crippen LogP) is 2.13. The smallest absolute Gasteiger partial charge is 0.135 e. The summed E-state index contributed by atoms with van der Waals surface area (Å²) in [5, 5.41) is 0. The molecule has 0 aliphatic carbocycles. The van der Waals surface area contributed by atoms with Crippen LogP contribution >= 0.6 is 0 Å². The van der Waals surface area contributed by atoms with Crippen molar-refractivity contribution in [2.45, 2.75) is 19.8 Å². The molecule has 0 radical (unpaired) electrons. The molecule has 0 atom stereocenters. The zero-order valence-electron chi connectivity index (χ0n) is 11.4. The van der Waals surface area contributed by atoms with Crippen molar-refractivity contribution in [2.24, 2.45) is 0 Å². The van der Waals surface area contributed by atoms with Crippen molar-refractivity contribution < 1.29 is 14.3 Å². The van der Waals surface area contributed by atoms with E-state index in [0.29, 0.717) is 31.8 Å². The first-order valence-electron chi connectivity index (χ1n) is 6.87. The maximum atomic E-state index is 11.1. The van der Waals surface area contributed by atoms with Gasteiger partial charge in [-0.1, -0.05) is 0 Å². The summed E-state index contributed by atoms with van der Waals surface area (Å²) in [6.45, 7) is 5.90. The Labute approximate surface area is 114 Å². The van der Waals surface area contributed by atoms with Gasteiger partial charge in [-0.3, -0.25) is 9.69 Å². The van der Waals surface area contributed by atoms with E-state index in [4.69, 9.17) is 9.47 Å². The lowest BCUT2D eigenvalue weighted by Crippen LogP contribution is -2.36. The van der Waals surface area contributed by atoms with Crippen LogP contribution in [0, 0.1) is 0 Å². The van der Waals surface area contributed by atoms with E-state index in [1.54, 1.807) is 0 Å². The van der Waals surface area contributed by atoms with Gasteiger partial charge < -0.3 is 9.47 Å². The Morgan fingerprint density at radius 1 is 1.05 bits per heavy atom. The van der Waals surface area contributed by atoms with Gasteiger partial charge in [0.2, 0.25) is 0 Å². The van der Waals surface area contributed by atoms with Crippen LogP contribution in [0.5, 0.6) is 11.5 Å². The molecule has 1 heterocycles. The summed E-state index contributed by atoms with van der Waals surface area (Å²) in [7, 11) is 0. The van der Waals surface area contributed by atoms with Crippen LogP contribution in [0.3, 0.4) is 0 Å². The van der Waals surface area contributed by atoms with Crippen LogP contribution in [-0.4, -0.2) is 43.5 Å². The fraction of sp³-hybridized carbons (Fsp3) is 0.533. The summed E-state index contributed by atoms with van der Waals surface area (Å²) in [6, 6.07) is 7.67. The van der Waals surface area contributed by atoms with Gasteiger partial charge in [-0.2, -0.15) is 0 Å². The molecule has 4 heteroatoms. The van der Waals surface area contributed by atoms with Crippen molar-refractivity contribution in [3.05, 3.63) is 24.3 Å². The van der Waals surface area contributed by atoms with Gasteiger partial charge in [0.05, 0.1) is 6.61 Å². The van der Waals surface area contributed by atoms with E-state index in [1.165, 1.54) is 0 Å². The molecule has 0 spiro atoms. The molecule has 1 aromatic rings. The average Bonchev–Trinajstić information content (AvgIpc) is 2.43.